The Labute approximate surface area is 98.7 Å². The number of hydrogen-bond acceptors (Lipinski definition) is 4. The van der Waals surface area contributed by atoms with E-state index in [0.29, 0.717) is 18.7 Å². The fourth-order valence-corrected chi connectivity index (χ4v) is 2.26. The monoisotopic (exact) mass is 235 g/mol. The largest absolute Gasteiger partial charge is 0.496 e. The summed E-state index contributed by atoms with van der Waals surface area (Å²) < 4.78 is 16.0. The molecule has 5 nitrogen and oxygen atoms in total. The maximum absolute atomic E-state index is 11.3. The lowest BCUT2D eigenvalue weighted by Crippen LogP contribution is -2.13. The molecule has 0 spiro atoms. The molecule has 2 aliphatic heterocycles. The maximum atomic E-state index is 11.3. The van der Waals surface area contributed by atoms with Crippen LogP contribution in [0.5, 0.6) is 17.2 Å². The fraction of sp³-hybridized carbons (Fsp3) is 0.417. The van der Waals surface area contributed by atoms with Gasteiger partial charge in [0, 0.05) is 30.5 Å². The third-order valence-corrected chi connectivity index (χ3v) is 3.14. The predicted octanol–water partition coefficient (Wildman–Crippen LogP) is 1.03. The van der Waals surface area contributed by atoms with Crippen LogP contribution in [0.4, 0.5) is 0 Å². The number of hydrogen-bond donors (Lipinski definition) is 1. The van der Waals surface area contributed by atoms with Crippen LogP contribution in [0, 0.1) is 0 Å². The summed E-state index contributed by atoms with van der Waals surface area (Å²) in [6.45, 7) is 0.888. The Hall–Kier alpha value is -1.91. The summed E-state index contributed by atoms with van der Waals surface area (Å²) in [6, 6.07) is 3.73. The van der Waals surface area contributed by atoms with E-state index in [-0.39, 0.29) is 18.6 Å². The first-order chi connectivity index (χ1) is 8.28. The highest BCUT2D eigenvalue weighted by atomic mass is 16.7. The van der Waals surface area contributed by atoms with Crippen molar-refractivity contribution in [3.05, 3.63) is 17.7 Å². The molecule has 1 unspecified atom stereocenters. The molecule has 3 rings (SSSR count). The lowest BCUT2D eigenvalue weighted by atomic mass is 9.96. The predicted molar refractivity (Wildman–Crippen MR) is 59.5 cm³/mol. The van der Waals surface area contributed by atoms with Gasteiger partial charge in [0.1, 0.15) is 5.75 Å². The smallest absolute Gasteiger partial charge is 0.231 e. The number of nitrogens with one attached hydrogen (secondary N) is 1. The van der Waals surface area contributed by atoms with Crippen LogP contribution in [0.25, 0.3) is 0 Å². The topological polar surface area (TPSA) is 56.8 Å². The number of fused-ring (bicyclic) bond motifs is 1. The molecule has 1 aromatic rings. The Morgan fingerprint density at radius 2 is 2.12 bits per heavy atom. The van der Waals surface area contributed by atoms with Crippen molar-refractivity contribution < 1.29 is 19.0 Å². The van der Waals surface area contributed by atoms with E-state index in [1.54, 1.807) is 7.11 Å². The van der Waals surface area contributed by atoms with Crippen LogP contribution in [0.1, 0.15) is 17.9 Å². The molecule has 90 valence electrons. The Kier molecular flexibility index (Phi) is 2.31. The average Bonchev–Trinajstić information content (AvgIpc) is 2.94. The number of rotatable bonds is 2. The van der Waals surface area contributed by atoms with Crippen molar-refractivity contribution in [1.82, 2.24) is 5.32 Å². The van der Waals surface area contributed by atoms with Crippen molar-refractivity contribution in [2.24, 2.45) is 0 Å². The van der Waals surface area contributed by atoms with E-state index >= 15 is 0 Å². The van der Waals surface area contributed by atoms with Gasteiger partial charge < -0.3 is 19.5 Å². The third-order valence-electron chi connectivity index (χ3n) is 3.14. The fourth-order valence-electron chi connectivity index (χ4n) is 2.26. The minimum atomic E-state index is 0.0784. The van der Waals surface area contributed by atoms with E-state index in [0.717, 1.165) is 17.1 Å². The van der Waals surface area contributed by atoms with E-state index in [9.17, 15) is 4.79 Å². The van der Waals surface area contributed by atoms with Gasteiger partial charge >= 0.3 is 0 Å². The van der Waals surface area contributed by atoms with Crippen LogP contribution in [0.3, 0.4) is 0 Å². The summed E-state index contributed by atoms with van der Waals surface area (Å²) in [7, 11) is 1.62. The van der Waals surface area contributed by atoms with Gasteiger partial charge in [0.05, 0.1) is 7.11 Å². The molecule has 0 bridgehead atoms. The molecular formula is C12H13NO4. The zero-order chi connectivity index (χ0) is 11.8. The molecule has 5 heteroatoms. The Balaban J connectivity index is 2.00. The SMILES string of the molecule is COc1cc2c(cc1C1CNC(=O)C1)OCO2. The van der Waals surface area contributed by atoms with Gasteiger partial charge in [-0.05, 0) is 6.07 Å². The highest BCUT2D eigenvalue weighted by molar-refractivity contribution is 5.79. The molecule has 0 saturated carbocycles. The van der Waals surface area contributed by atoms with E-state index in [2.05, 4.69) is 5.32 Å². The summed E-state index contributed by atoms with van der Waals surface area (Å²) in [5, 5.41) is 2.82. The van der Waals surface area contributed by atoms with Crippen LogP contribution >= 0.6 is 0 Å². The van der Waals surface area contributed by atoms with Crippen molar-refractivity contribution in [2.45, 2.75) is 12.3 Å². The van der Waals surface area contributed by atoms with E-state index in [1.165, 1.54) is 0 Å². The van der Waals surface area contributed by atoms with Gasteiger partial charge in [-0.15, -0.1) is 0 Å². The molecular weight excluding hydrogens is 222 g/mol. The minimum Gasteiger partial charge on any atom is -0.496 e. The summed E-state index contributed by atoms with van der Waals surface area (Å²) in [5.74, 6) is 2.39. The quantitative estimate of drug-likeness (QED) is 0.831. The van der Waals surface area contributed by atoms with Crippen LogP contribution in [0.2, 0.25) is 0 Å². The van der Waals surface area contributed by atoms with Crippen molar-refractivity contribution in [2.75, 3.05) is 20.4 Å². The lowest BCUT2D eigenvalue weighted by molar-refractivity contribution is -0.119. The Bertz CT molecular complexity index is 472. The molecule has 0 radical (unpaired) electrons. The number of ether oxygens (including phenoxy) is 3. The highest BCUT2D eigenvalue weighted by Gasteiger charge is 2.28. The van der Waals surface area contributed by atoms with Gasteiger partial charge in [-0.2, -0.15) is 0 Å². The summed E-state index contributed by atoms with van der Waals surface area (Å²) >= 11 is 0. The second-order valence-electron chi connectivity index (χ2n) is 4.15. The molecule has 1 amide bonds. The number of carbonyl (C=O) groups excluding carboxylic acids is 1. The van der Waals surface area contributed by atoms with Crippen LogP contribution in [-0.2, 0) is 4.79 Å². The second kappa shape index (κ2) is 3.84. The van der Waals surface area contributed by atoms with Crippen molar-refractivity contribution >= 4 is 5.91 Å². The third kappa shape index (κ3) is 1.67. The summed E-state index contributed by atoms with van der Waals surface area (Å²) in [4.78, 5) is 11.3. The standard InChI is InChI=1S/C12H13NO4/c1-15-9-4-11-10(16-6-17-11)3-8(9)7-2-12(14)13-5-7/h3-4,7H,2,5-6H2,1H3,(H,13,14). The van der Waals surface area contributed by atoms with Crippen molar-refractivity contribution in [1.29, 1.82) is 0 Å². The highest BCUT2D eigenvalue weighted by Crippen LogP contribution is 2.42. The first kappa shape index (κ1) is 10.3. The molecule has 2 heterocycles. The second-order valence-corrected chi connectivity index (χ2v) is 4.15. The molecule has 0 aliphatic carbocycles. The molecule has 1 fully saturated rings. The minimum absolute atomic E-state index is 0.0784. The normalized spacial score (nSPS) is 21.5. The van der Waals surface area contributed by atoms with Crippen LogP contribution in [-0.4, -0.2) is 26.4 Å². The molecule has 1 saturated heterocycles. The van der Waals surface area contributed by atoms with E-state index in [4.69, 9.17) is 14.2 Å². The van der Waals surface area contributed by atoms with E-state index < -0.39 is 0 Å². The van der Waals surface area contributed by atoms with Gasteiger partial charge in [-0.3, -0.25) is 4.79 Å². The van der Waals surface area contributed by atoms with E-state index in [1.807, 2.05) is 12.1 Å². The van der Waals surface area contributed by atoms with Crippen molar-refractivity contribution in [3.8, 4) is 17.2 Å². The lowest BCUT2D eigenvalue weighted by Gasteiger charge is -2.13. The summed E-state index contributed by atoms with van der Waals surface area (Å²) in [5.41, 5.74) is 0.995. The average molecular weight is 235 g/mol. The van der Waals surface area contributed by atoms with Gasteiger partial charge in [0.2, 0.25) is 12.7 Å². The number of amides is 1. The maximum Gasteiger partial charge on any atom is 0.231 e. The molecule has 1 N–H and O–H groups in total. The molecule has 17 heavy (non-hydrogen) atoms. The first-order valence-corrected chi connectivity index (χ1v) is 5.52. The Morgan fingerprint density at radius 1 is 1.35 bits per heavy atom. The van der Waals surface area contributed by atoms with Gasteiger partial charge in [0.25, 0.3) is 0 Å². The van der Waals surface area contributed by atoms with Crippen molar-refractivity contribution in [3.63, 3.8) is 0 Å². The van der Waals surface area contributed by atoms with Gasteiger partial charge in [0.15, 0.2) is 11.5 Å². The molecule has 1 aromatic carbocycles. The number of carbonyl (C=O) groups is 1. The van der Waals surface area contributed by atoms with Crippen LogP contribution < -0.4 is 19.5 Å². The summed E-state index contributed by atoms with van der Waals surface area (Å²) in [6.07, 6.45) is 0.496. The first-order valence-electron chi connectivity index (χ1n) is 5.52. The number of benzene rings is 1. The zero-order valence-electron chi connectivity index (χ0n) is 9.49. The van der Waals surface area contributed by atoms with Crippen LogP contribution in [0.15, 0.2) is 12.1 Å². The van der Waals surface area contributed by atoms with Gasteiger partial charge in [-0.1, -0.05) is 0 Å². The molecule has 0 aromatic heterocycles. The molecule has 1 atom stereocenters. The zero-order valence-corrected chi connectivity index (χ0v) is 9.49. The van der Waals surface area contributed by atoms with Gasteiger partial charge in [-0.25, -0.2) is 0 Å². The molecule has 2 aliphatic rings. The Morgan fingerprint density at radius 3 is 2.76 bits per heavy atom. The number of methoxy groups -OCH3 is 1.